The average Bonchev–Trinajstić information content (AvgIpc) is 3.20. The molecule has 0 spiro atoms. The number of sulfone groups is 1. The van der Waals surface area contributed by atoms with E-state index >= 15 is 0 Å². The molecule has 1 aliphatic rings. The van der Waals surface area contributed by atoms with Crippen LogP contribution in [0.5, 0.6) is 0 Å². The van der Waals surface area contributed by atoms with Gasteiger partial charge >= 0.3 is 5.97 Å². The van der Waals surface area contributed by atoms with E-state index < -0.39 is 15.8 Å². The summed E-state index contributed by atoms with van der Waals surface area (Å²) in [4.78, 5) is 13.0. The third-order valence-electron chi connectivity index (χ3n) is 3.32. The second kappa shape index (κ2) is 5.30. The molecule has 0 aromatic heterocycles. The second-order valence-corrected chi connectivity index (χ2v) is 6.97. The lowest BCUT2D eigenvalue weighted by atomic mass is 10.2. The van der Waals surface area contributed by atoms with Crippen molar-refractivity contribution in [2.75, 3.05) is 19.3 Å². The first-order valence-corrected chi connectivity index (χ1v) is 7.82. The molecule has 1 aromatic rings. The van der Waals surface area contributed by atoms with E-state index in [4.69, 9.17) is 5.11 Å². The van der Waals surface area contributed by atoms with E-state index in [1.54, 1.807) is 0 Å². The molecule has 104 valence electrons. The lowest BCUT2D eigenvalue weighted by molar-refractivity contribution is 0.0696. The number of aromatic carboxylic acids is 1. The molecule has 1 N–H and O–H groups in total. The van der Waals surface area contributed by atoms with Gasteiger partial charge < -0.3 is 10.0 Å². The normalized spacial score (nSPS) is 15.7. The molecule has 0 aliphatic heterocycles. The Hall–Kier alpha value is -1.40. The Bertz CT molecular complexity index is 578. The van der Waals surface area contributed by atoms with Gasteiger partial charge in [0.2, 0.25) is 0 Å². The zero-order chi connectivity index (χ0) is 14.0. The first-order valence-electron chi connectivity index (χ1n) is 6.16. The highest BCUT2D eigenvalue weighted by Gasteiger charge is 2.27. The molecule has 1 fully saturated rings. The van der Waals surface area contributed by atoms with Gasteiger partial charge in [-0.15, -0.1) is 0 Å². The minimum absolute atomic E-state index is 0.00313. The van der Waals surface area contributed by atoms with Gasteiger partial charge in [-0.1, -0.05) is 6.07 Å². The van der Waals surface area contributed by atoms with Gasteiger partial charge in [0.25, 0.3) is 0 Å². The molecule has 1 aromatic carbocycles. The molecule has 0 atom stereocenters. The van der Waals surface area contributed by atoms with Gasteiger partial charge in [0, 0.05) is 12.6 Å². The summed E-state index contributed by atoms with van der Waals surface area (Å²) in [6, 6.07) is 6.02. The number of benzene rings is 1. The summed E-state index contributed by atoms with van der Waals surface area (Å²) in [5.41, 5.74) is -0.00313. The van der Waals surface area contributed by atoms with Crippen LogP contribution in [0.3, 0.4) is 0 Å². The SMILES string of the molecule is CN(CCS(=O)(=O)c1cccc(C(=O)O)c1)C1CC1. The number of carboxylic acids is 1. The van der Waals surface area contributed by atoms with Crippen molar-refractivity contribution in [3.63, 3.8) is 0 Å². The lowest BCUT2D eigenvalue weighted by Gasteiger charge is -2.15. The summed E-state index contributed by atoms with van der Waals surface area (Å²) in [6.07, 6.45) is 2.26. The Morgan fingerprint density at radius 1 is 1.42 bits per heavy atom. The lowest BCUT2D eigenvalue weighted by Crippen LogP contribution is -2.27. The predicted molar refractivity (Wildman–Crippen MR) is 71.1 cm³/mol. The van der Waals surface area contributed by atoms with Crippen LogP contribution in [0.15, 0.2) is 29.2 Å². The van der Waals surface area contributed by atoms with E-state index in [-0.39, 0.29) is 16.2 Å². The second-order valence-electron chi connectivity index (χ2n) is 4.86. The fourth-order valence-corrected chi connectivity index (χ4v) is 3.26. The molecule has 6 heteroatoms. The predicted octanol–water partition coefficient (Wildman–Crippen LogP) is 1.25. The van der Waals surface area contributed by atoms with Gasteiger partial charge in [-0.2, -0.15) is 0 Å². The molecule has 0 heterocycles. The van der Waals surface area contributed by atoms with Gasteiger partial charge in [-0.3, -0.25) is 0 Å². The number of hydrogen-bond donors (Lipinski definition) is 1. The monoisotopic (exact) mass is 283 g/mol. The Balaban J connectivity index is 2.09. The summed E-state index contributed by atoms with van der Waals surface area (Å²) >= 11 is 0. The minimum atomic E-state index is -3.42. The zero-order valence-corrected chi connectivity index (χ0v) is 11.6. The highest BCUT2D eigenvalue weighted by atomic mass is 32.2. The third kappa shape index (κ3) is 3.54. The summed E-state index contributed by atoms with van der Waals surface area (Å²) in [6.45, 7) is 0.476. The Labute approximate surface area is 112 Å². The smallest absolute Gasteiger partial charge is 0.335 e. The topological polar surface area (TPSA) is 74.7 Å². The standard InChI is InChI=1S/C13H17NO4S/c1-14(11-5-6-11)7-8-19(17,18)12-4-2-3-10(9-12)13(15)16/h2-4,9,11H,5-8H2,1H3,(H,15,16). The van der Waals surface area contributed by atoms with Gasteiger partial charge in [0.1, 0.15) is 0 Å². The Kier molecular flexibility index (Phi) is 3.91. The maximum Gasteiger partial charge on any atom is 0.335 e. The van der Waals surface area contributed by atoms with Crippen molar-refractivity contribution in [3.05, 3.63) is 29.8 Å². The fourth-order valence-electron chi connectivity index (χ4n) is 1.90. The quantitative estimate of drug-likeness (QED) is 0.850. The van der Waals surface area contributed by atoms with Crippen LogP contribution >= 0.6 is 0 Å². The van der Waals surface area contributed by atoms with E-state index in [1.807, 2.05) is 11.9 Å². The molecule has 0 bridgehead atoms. The number of nitrogens with zero attached hydrogens (tertiary/aromatic N) is 1. The van der Waals surface area contributed by atoms with Gasteiger partial charge in [0.15, 0.2) is 9.84 Å². The number of carbonyl (C=O) groups is 1. The first kappa shape index (κ1) is 14.0. The van der Waals surface area contributed by atoms with Crippen LogP contribution in [-0.2, 0) is 9.84 Å². The van der Waals surface area contributed by atoms with Crippen molar-refractivity contribution in [2.24, 2.45) is 0 Å². The largest absolute Gasteiger partial charge is 0.478 e. The molecule has 0 saturated heterocycles. The van der Waals surface area contributed by atoms with E-state index in [0.29, 0.717) is 12.6 Å². The minimum Gasteiger partial charge on any atom is -0.478 e. The molecule has 5 nitrogen and oxygen atoms in total. The zero-order valence-electron chi connectivity index (χ0n) is 10.7. The van der Waals surface area contributed by atoms with E-state index in [1.165, 1.54) is 24.3 Å². The van der Waals surface area contributed by atoms with Crippen molar-refractivity contribution >= 4 is 15.8 Å². The van der Waals surface area contributed by atoms with E-state index in [9.17, 15) is 13.2 Å². The summed E-state index contributed by atoms with van der Waals surface area (Å²) in [7, 11) is -1.50. The van der Waals surface area contributed by atoms with Crippen LogP contribution < -0.4 is 0 Å². The van der Waals surface area contributed by atoms with Crippen molar-refractivity contribution in [1.29, 1.82) is 0 Å². The molecule has 0 amide bonds. The summed E-state index contributed by atoms with van der Waals surface area (Å²) in [5, 5.41) is 8.87. The highest BCUT2D eigenvalue weighted by Crippen LogP contribution is 2.25. The highest BCUT2D eigenvalue weighted by molar-refractivity contribution is 7.91. The van der Waals surface area contributed by atoms with Crippen molar-refractivity contribution in [3.8, 4) is 0 Å². The first-order chi connectivity index (χ1) is 8.90. The van der Waals surface area contributed by atoms with Crippen LogP contribution in [0, 0.1) is 0 Å². The van der Waals surface area contributed by atoms with Crippen LogP contribution in [0.4, 0.5) is 0 Å². The van der Waals surface area contributed by atoms with Crippen molar-refractivity contribution in [1.82, 2.24) is 4.90 Å². The van der Waals surface area contributed by atoms with Crippen molar-refractivity contribution < 1.29 is 18.3 Å². The number of carboxylic acid groups (broad SMARTS) is 1. The molecule has 2 rings (SSSR count). The van der Waals surface area contributed by atoms with Crippen molar-refractivity contribution in [2.45, 2.75) is 23.8 Å². The maximum absolute atomic E-state index is 12.1. The van der Waals surface area contributed by atoms with Crippen LogP contribution in [-0.4, -0.2) is 49.8 Å². The molecule has 1 saturated carbocycles. The van der Waals surface area contributed by atoms with Crippen LogP contribution in [0.2, 0.25) is 0 Å². The fraction of sp³-hybridized carbons (Fsp3) is 0.462. The van der Waals surface area contributed by atoms with Crippen LogP contribution in [0.25, 0.3) is 0 Å². The van der Waals surface area contributed by atoms with E-state index in [0.717, 1.165) is 12.8 Å². The molecule has 0 unspecified atom stereocenters. The molecule has 1 aliphatic carbocycles. The Morgan fingerprint density at radius 2 is 2.11 bits per heavy atom. The number of rotatable bonds is 6. The molecular weight excluding hydrogens is 266 g/mol. The number of hydrogen-bond acceptors (Lipinski definition) is 4. The van der Waals surface area contributed by atoms with Gasteiger partial charge in [0.05, 0.1) is 16.2 Å². The maximum atomic E-state index is 12.1. The molecule has 0 radical (unpaired) electrons. The third-order valence-corrected chi connectivity index (χ3v) is 5.02. The summed E-state index contributed by atoms with van der Waals surface area (Å²) < 4.78 is 24.3. The van der Waals surface area contributed by atoms with Gasteiger partial charge in [-0.05, 0) is 38.1 Å². The summed E-state index contributed by atoms with van der Waals surface area (Å²) in [5.74, 6) is -1.10. The molecule has 19 heavy (non-hydrogen) atoms. The van der Waals surface area contributed by atoms with E-state index in [2.05, 4.69) is 0 Å². The average molecular weight is 283 g/mol. The Morgan fingerprint density at radius 3 is 2.68 bits per heavy atom. The molecular formula is C13H17NO4S. The van der Waals surface area contributed by atoms with Gasteiger partial charge in [-0.25, -0.2) is 13.2 Å². The van der Waals surface area contributed by atoms with Crippen LogP contribution in [0.1, 0.15) is 23.2 Å².